The number of hydrogen-bond donors (Lipinski definition) is 1. The van der Waals surface area contributed by atoms with E-state index in [1.54, 1.807) is 35.7 Å². The predicted molar refractivity (Wildman–Crippen MR) is 110 cm³/mol. The first-order chi connectivity index (χ1) is 13.4. The van der Waals surface area contributed by atoms with Crippen molar-refractivity contribution in [2.45, 2.75) is 0 Å². The number of methoxy groups -OCH3 is 1. The van der Waals surface area contributed by atoms with Gasteiger partial charge < -0.3 is 9.84 Å². The minimum atomic E-state index is -0.461. The Bertz CT molecular complexity index is 1120. The van der Waals surface area contributed by atoms with Gasteiger partial charge in [0.25, 0.3) is 5.69 Å². The zero-order valence-electron chi connectivity index (χ0n) is 14.4. The van der Waals surface area contributed by atoms with E-state index in [2.05, 4.69) is 27.0 Å². The molecule has 0 atom stereocenters. The zero-order valence-corrected chi connectivity index (χ0v) is 16.8. The van der Waals surface area contributed by atoms with Gasteiger partial charge in [-0.3, -0.25) is 10.1 Å². The molecule has 7 nitrogen and oxygen atoms in total. The van der Waals surface area contributed by atoms with E-state index in [1.807, 2.05) is 0 Å². The normalized spacial score (nSPS) is 11.1. The van der Waals surface area contributed by atoms with Crippen molar-refractivity contribution in [3.05, 3.63) is 66.9 Å². The van der Waals surface area contributed by atoms with Gasteiger partial charge in [-0.25, -0.2) is 4.98 Å². The number of phenolic OH excluding ortho intramolecular Hbond substituents is 1. The molecule has 140 valence electrons. The maximum Gasteiger partial charge on any atom is 0.269 e. The summed E-state index contributed by atoms with van der Waals surface area (Å²) in [7, 11) is 1.44. The first-order valence-electron chi connectivity index (χ1n) is 7.82. The molecular formula is C19H12BrN3O4S. The average Bonchev–Trinajstić information content (AvgIpc) is 3.18. The number of aromatic hydroxyl groups is 1. The largest absolute Gasteiger partial charge is 0.503 e. The Kier molecular flexibility index (Phi) is 5.73. The van der Waals surface area contributed by atoms with E-state index in [4.69, 9.17) is 4.74 Å². The minimum Gasteiger partial charge on any atom is -0.503 e. The summed E-state index contributed by atoms with van der Waals surface area (Å²) in [6, 6.07) is 11.5. The molecule has 0 aliphatic heterocycles. The number of phenols is 1. The second kappa shape index (κ2) is 8.21. The molecule has 0 radical (unpaired) electrons. The van der Waals surface area contributed by atoms with Crippen LogP contribution in [0.25, 0.3) is 22.9 Å². The van der Waals surface area contributed by atoms with Gasteiger partial charge in [-0.15, -0.1) is 11.3 Å². The number of nitriles is 1. The highest BCUT2D eigenvalue weighted by Gasteiger charge is 2.13. The summed E-state index contributed by atoms with van der Waals surface area (Å²) in [4.78, 5) is 14.8. The molecule has 0 bridgehead atoms. The first-order valence-corrected chi connectivity index (χ1v) is 9.49. The van der Waals surface area contributed by atoms with Crippen LogP contribution in [0, 0.1) is 21.4 Å². The molecule has 0 saturated carbocycles. The molecule has 0 fully saturated rings. The number of ether oxygens (including phenoxy) is 1. The van der Waals surface area contributed by atoms with Gasteiger partial charge in [-0.1, -0.05) is 0 Å². The SMILES string of the molecule is COc1cc(/C=C(/C#N)c2nc(-c3ccc([N+](=O)[O-])cc3)cs2)cc(Br)c1O. The number of aromatic nitrogens is 1. The maximum absolute atomic E-state index is 10.8. The van der Waals surface area contributed by atoms with Crippen LogP contribution in [0.1, 0.15) is 10.6 Å². The van der Waals surface area contributed by atoms with Crippen LogP contribution in [0.5, 0.6) is 11.5 Å². The Morgan fingerprint density at radius 1 is 1.39 bits per heavy atom. The van der Waals surface area contributed by atoms with Crippen LogP contribution in [-0.4, -0.2) is 22.1 Å². The third-order valence-corrected chi connectivity index (χ3v) is 5.29. The lowest BCUT2D eigenvalue weighted by molar-refractivity contribution is -0.384. The Morgan fingerprint density at radius 2 is 2.11 bits per heavy atom. The maximum atomic E-state index is 10.8. The smallest absolute Gasteiger partial charge is 0.269 e. The number of nitrogens with zero attached hydrogens (tertiary/aromatic N) is 3. The summed E-state index contributed by atoms with van der Waals surface area (Å²) in [5.41, 5.74) is 2.35. The summed E-state index contributed by atoms with van der Waals surface area (Å²) >= 11 is 4.55. The molecule has 0 saturated heterocycles. The molecule has 1 heterocycles. The van der Waals surface area contributed by atoms with Gasteiger partial charge in [0.2, 0.25) is 0 Å². The third-order valence-electron chi connectivity index (χ3n) is 3.81. The van der Waals surface area contributed by atoms with Crippen molar-refractivity contribution in [1.29, 1.82) is 5.26 Å². The van der Waals surface area contributed by atoms with Crippen LogP contribution in [0.2, 0.25) is 0 Å². The van der Waals surface area contributed by atoms with Gasteiger partial charge in [0.05, 0.1) is 27.8 Å². The number of halogens is 1. The minimum absolute atomic E-state index is 0.00340. The first kappa shape index (κ1) is 19.5. The number of non-ortho nitro benzene ring substituents is 1. The molecule has 2 aromatic carbocycles. The Labute approximate surface area is 172 Å². The van der Waals surface area contributed by atoms with Crippen LogP contribution < -0.4 is 4.74 Å². The Hall–Kier alpha value is -3.22. The number of hydrogen-bond acceptors (Lipinski definition) is 7. The number of rotatable bonds is 5. The van der Waals surface area contributed by atoms with Crippen molar-refractivity contribution < 1.29 is 14.8 Å². The van der Waals surface area contributed by atoms with E-state index in [0.29, 0.717) is 26.3 Å². The van der Waals surface area contributed by atoms with Crippen LogP contribution in [0.3, 0.4) is 0 Å². The van der Waals surface area contributed by atoms with Gasteiger partial charge in [-0.2, -0.15) is 5.26 Å². The highest BCUT2D eigenvalue weighted by molar-refractivity contribution is 9.10. The van der Waals surface area contributed by atoms with E-state index < -0.39 is 4.92 Å². The van der Waals surface area contributed by atoms with Gasteiger partial charge in [0.1, 0.15) is 11.1 Å². The second-order valence-electron chi connectivity index (χ2n) is 5.57. The molecule has 0 aliphatic carbocycles. The highest BCUT2D eigenvalue weighted by Crippen LogP contribution is 2.36. The van der Waals surface area contributed by atoms with Gasteiger partial charge in [0, 0.05) is 23.1 Å². The summed E-state index contributed by atoms with van der Waals surface area (Å²) in [6.45, 7) is 0. The predicted octanol–water partition coefficient (Wildman–Crippen LogP) is 5.26. The monoisotopic (exact) mass is 457 g/mol. The van der Waals surface area contributed by atoms with E-state index in [-0.39, 0.29) is 17.2 Å². The standard InChI is InChI=1S/C19H12BrN3O4S/c1-27-17-8-11(7-15(20)18(17)24)6-13(9-21)19-22-16(10-28-19)12-2-4-14(5-3-12)23(25)26/h2-8,10,24H,1H3/b13-6-. The van der Waals surface area contributed by atoms with Crippen molar-refractivity contribution >= 4 is 44.6 Å². The zero-order chi connectivity index (χ0) is 20.3. The number of benzene rings is 2. The van der Waals surface area contributed by atoms with Crippen molar-refractivity contribution in [3.8, 4) is 28.8 Å². The van der Waals surface area contributed by atoms with E-state index in [9.17, 15) is 20.5 Å². The molecule has 1 N–H and O–H groups in total. The molecular weight excluding hydrogens is 446 g/mol. The molecule has 9 heteroatoms. The van der Waals surface area contributed by atoms with E-state index in [1.165, 1.54) is 30.6 Å². The molecule has 28 heavy (non-hydrogen) atoms. The number of nitro groups is 1. The number of thiazole rings is 1. The fourth-order valence-corrected chi connectivity index (χ4v) is 3.68. The van der Waals surface area contributed by atoms with E-state index in [0.717, 1.165) is 5.56 Å². The summed E-state index contributed by atoms with van der Waals surface area (Å²) in [5, 5.41) is 32.5. The molecule has 1 aromatic heterocycles. The van der Waals surface area contributed by atoms with Gasteiger partial charge >= 0.3 is 0 Å². The van der Waals surface area contributed by atoms with Crippen LogP contribution in [0.4, 0.5) is 5.69 Å². The van der Waals surface area contributed by atoms with Crippen molar-refractivity contribution in [3.63, 3.8) is 0 Å². The van der Waals surface area contributed by atoms with Gasteiger partial charge in [0.15, 0.2) is 11.5 Å². The number of allylic oxidation sites excluding steroid dienone is 1. The van der Waals surface area contributed by atoms with Gasteiger partial charge in [-0.05, 0) is 51.8 Å². The lowest BCUT2D eigenvalue weighted by Gasteiger charge is -2.06. The summed E-state index contributed by atoms with van der Waals surface area (Å²) in [5.74, 6) is 0.261. The topological polar surface area (TPSA) is 109 Å². The molecule has 0 spiro atoms. The molecule has 0 aliphatic rings. The average molecular weight is 458 g/mol. The molecule has 0 unspecified atom stereocenters. The lowest BCUT2D eigenvalue weighted by atomic mass is 10.1. The molecule has 3 aromatic rings. The Morgan fingerprint density at radius 3 is 2.71 bits per heavy atom. The van der Waals surface area contributed by atoms with Crippen LogP contribution >= 0.6 is 27.3 Å². The lowest BCUT2D eigenvalue weighted by Crippen LogP contribution is -1.88. The molecule has 3 rings (SSSR count). The fraction of sp³-hybridized carbons (Fsp3) is 0.0526. The highest BCUT2D eigenvalue weighted by atomic mass is 79.9. The van der Waals surface area contributed by atoms with Crippen molar-refractivity contribution in [2.75, 3.05) is 7.11 Å². The number of nitro benzene ring substituents is 1. The molecule has 0 amide bonds. The Balaban J connectivity index is 1.94. The van der Waals surface area contributed by atoms with Crippen LogP contribution in [-0.2, 0) is 0 Å². The quantitative estimate of drug-likeness (QED) is 0.317. The van der Waals surface area contributed by atoms with Crippen LogP contribution in [0.15, 0.2) is 46.3 Å². The summed E-state index contributed by atoms with van der Waals surface area (Å²) < 4.78 is 5.57. The second-order valence-corrected chi connectivity index (χ2v) is 7.28. The summed E-state index contributed by atoms with van der Waals surface area (Å²) in [6.07, 6.45) is 1.64. The fourth-order valence-electron chi connectivity index (χ4n) is 2.43. The van der Waals surface area contributed by atoms with Crippen molar-refractivity contribution in [1.82, 2.24) is 4.98 Å². The third kappa shape index (κ3) is 4.03. The van der Waals surface area contributed by atoms with Crippen molar-refractivity contribution in [2.24, 2.45) is 0 Å². The van der Waals surface area contributed by atoms with E-state index >= 15 is 0 Å².